The molecule has 12 heteroatoms. The van der Waals surface area contributed by atoms with E-state index in [9.17, 15) is 8.42 Å². The third kappa shape index (κ3) is 6.07. The molecular weight excluding hydrogens is 520 g/mol. The van der Waals surface area contributed by atoms with Gasteiger partial charge in [-0.05, 0) is 57.0 Å². The van der Waals surface area contributed by atoms with E-state index in [1.807, 2.05) is 39.0 Å². The quantitative estimate of drug-likeness (QED) is 0.270. The van der Waals surface area contributed by atoms with E-state index in [0.717, 1.165) is 11.1 Å². The van der Waals surface area contributed by atoms with Crippen LogP contribution in [-0.4, -0.2) is 64.2 Å². The highest BCUT2D eigenvalue weighted by atomic mass is 32.2. The largest absolute Gasteiger partial charge is 0.492 e. The number of methoxy groups -OCH3 is 2. The number of benzene rings is 1. The van der Waals surface area contributed by atoms with Crippen LogP contribution in [0.15, 0.2) is 48.8 Å². The van der Waals surface area contributed by atoms with Gasteiger partial charge in [-0.1, -0.05) is 12.1 Å². The van der Waals surface area contributed by atoms with Crippen LogP contribution in [0, 0.1) is 13.8 Å². The van der Waals surface area contributed by atoms with Crippen LogP contribution in [0.4, 0.5) is 0 Å². The number of ether oxygens (including phenoxy) is 3. The number of sulfone groups is 1. The zero-order valence-corrected chi connectivity index (χ0v) is 23.6. The molecule has 3 aromatic heterocycles. The number of nitrogens with zero attached hydrogens (tertiary/aromatic N) is 6. The highest BCUT2D eigenvalue weighted by Crippen LogP contribution is 2.32. The molecule has 0 radical (unpaired) electrons. The first-order chi connectivity index (χ1) is 18.7. The Morgan fingerprint density at radius 2 is 1.74 bits per heavy atom. The molecule has 0 fully saturated rings. The van der Waals surface area contributed by atoms with E-state index in [1.165, 1.54) is 14.2 Å². The Balaban J connectivity index is 1.83. The van der Waals surface area contributed by atoms with Crippen LogP contribution in [0.25, 0.3) is 17.2 Å². The number of hydrogen-bond donors (Lipinski definition) is 0. The normalized spacial score (nSPS) is 13.2. The molecule has 11 nitrogen and oxygen atoms in total. The van der Waals surface area contributed by atoms with E-state index in [0.29, 0.717) is 41.3 Å². The first-order valence-electron chi connectivity index (χ1n) is 12.4. The van der Waals surface area contributed by atoms with Crippen LogP contribution in [0.5, 0.6) is 11.6 Å². The van der Waals surface area contributed by atoms with Gasteiger partial charge in [0.25, 0.3) is 0 Å². The molecular formula is C27H32N6O5S. The van der Waals surface area contributed by atoms with Gasteiger partial charge in [-0.2, -0.15) is 0 Å². The Labute approximate surface area is 228 Å². The SMILES string of the molecule is CCOc1ccc(C)cc1-n1c(CS(=O)(=O)[C@@H](C)[C@H](OC)c2ncc(C)cn2)nnc1-c1cccc(OC)n1. The minimum atomic E-state index is -3.84. The maximum Gasteiger partial charge on any atom is 0.213 e. The Bertz CT molecular complexity index is 1540. The van der Waals surface area contributed by atoms with Crippen molar-refractivity contribution in [1.29, 1.82) is 0 Å². The van der Waals surface area contributed by atoms with Crippen molar-refractivity contribution in [1.82, 2.24) is 29.7 Å². The van der Waals surface area contributed by atoms with Gasteiger partial charge in [0.1, 0.15) is 23.3 Å². The molecule has 206 valence electrons. The summed E-state index contributed by atoms with van der Waals surface area (Å²) in [5, 5.41) is 7.71. The van der Waals surface area contributed by atoms with Crippen LogP contribution >= 0.6 is 0 Å². The molecule has 0 bridgehead atoms. The topological polar surface area (TPSA) is 131 Å². The zero-order valence-electron chi connectivity index (χ0n) is 22.8. The maximum absolute atomic E-state index is 13.8. The number of pyridine rings is 1. The van der Waals surface area contributed by atoms with Gasteiger partial charge < -0.3 is 14.2 Å². The summed E-state index contributed by atoms with van der Waals surface area (Å²) in [6.45, 7) is 7.68. The summed E-state index contributed by atoms with van der Waals surface area (Å²) in [4.78, 5) is 13.1. The van der Waals surface area contributed by atoms with E-state index in [1.54, 1.807) is 42.1 Å². The van der Waals surface area contributed by atoms with Crippen LogP contribution in [0.3, 0.4) is 0 Å². The van der Waals surface area contributed by atoms with Gasteiger partial charge in [-0.15, -0.1) is 10.2 Å². The van der Waals surface area contributed by atoms with Crippen LogP contribution in [-0.2, 0) is 20.3 Å². The van der Waals surface area contributed by atoms with Crippen LogP contribution in [0.1, 0.15) is 42.7 Å². The fraction of sp³-hybridized carbons (Fsp3) is 0.370. The first-order valence-corrected chi connectivity index (χ1v) is 14.1. The van der Waals surface area contributed by atoms with E-state index in [-0.39, 0.29) is 5.82 Å². The Hall–Kier alpha value is -3.90. The molecule has 0 spiro atoms. The molecule has 0 amide bonds. The molecule has 0 aliphatic heterocycles. The molecule has 0 N–H and O–H groups in total. The molecule has 3 heterocycles. The molecule has 0 saturated carbocycles. The van der Waals surface area contributed by atoms with Crippen LogP contribution in [0.2, 0.25) is 0 Å². The predicted octanol–water partition coefficient (Wildman–Crippen LogP) is 3.83. The summed E-state index contributed by atoms with van der Waals surface area (Å²) in [6, 6.07) is 10.9. The summed E-state index contributed by atoms with van der Waals surface area (Å²) >= 11 is 0. The van der Waals surface area contributed by atoms with Crippen molar-refractivity contribution in [2.45, 2.75) is 44.8 Å². The van der Waals surface area contributed by atoms with Crippen molar-refractivity contribution < 1.29 is 22.6 Å². The Morgan fingerprint density at radius 1 is 1.00 bits per heavy atom. The van der Waals surface area contributed by atoms with Crippen molar-refractivity contribution in [2.24, 2.45) is 0 Å². The molecule has 4 rings (SSSR count). The Kier molecular flexibility index (Phi) is 8.56. The number of hydrogen-bond acceptors (Lipinski definition) is 10. The van der Waals surface area contributed by atoms with Crippen molar-refractivity contribution in [2.75, 3.05) is 20.8 Å². The summed E-state index contributed by atoms with van der Waals surface area (Å²) in [5.41, 5.74) is 2.87. The summed E-state index contributed by atoms with van der Waals surface area (Å²) < 4.78 is 46.0. The minimum absolute atomic E-state index is 0.202. The van der Waals surface area contributed by atoms with Gasteiger partial charge in [-0.25, -0.2) is 23.4 Å². The van der Waals surface area contributed by atoms with Crippen molar-refractivity contribution in [3.63, 3.8) is 0 Å². The molecule has 2 atom stereocenters. The third-order valence-corrected chi connectivity index (χ3v) is 8.22. The lowest BCUT2D eigenvalue weighted by molar-refractivity contribution is 0.0947. The van der Waals surface area contributed by atoms with E-state index < -0.39 is 26.9 Å². The van der Waals surface area contributed by atoms with Gasteiger partial charge in [0, 0.05) is 25.6 Å². The molecule has 0 unspecified atom stereocenters. The average Bonchev–Trinajstić information content (AvgIpc) is 3.33. The van der Waals surface area contributed by atoms with Gasteiger partial charge in [0.05, 0.1) is 24.7 Å². The van der Waals surface area contributed by atoms with Crippen LogP contribution < -0.4 is 9.47 Å². The maximum atomic E-state index is 13.8. The van der Waals surface area contributed by atoms with E-state index in [4.69, 9.17) is 14.2 Å². The van der Waals surface area contributed by atoms with Gasteiger partial charge in [-0.3, -0.25) is 4.57 Å². The van der Waals surface area contributed by atoms with Gasteiger partial charge in [0.2, 0.25) is 5.88 Å². The van der Waals surface area contributed by atoms with Crippen molar-refractivity contribution in [3.05, 3.63) is 71.6 Å². The molecule has 0 saturated heterocycles. The average molecular weight is 553 g/mol. The van der Waals surface area contributed by atoms with E-state index >= 15 is 0 Å². The number of aromatic nitrogens is 6. The molecule has 0 aliphatic rings. The smallest absolute Gasteiger partial charge is 0.213 e. The summed E-state index contributed by atoms with van der Waals surface area (Å²) in [5.74, 6) is 1.37. The second kappa shape index (κ2) is 11.9. The second-order valence-corrected chi connectivity index (χ2v) is 11.4. The lowest BCUT2D eigenvalue weighted by Gasteiger charge is -2.22. The first kappa shape index (κ1) is 28.1. The summed E-state index contributed by atoms with van der Waals surface area (Å²) in [7, 11) is -0.882. The fourth-order valence-corrected chi connectivity index (χ4v) is 5.54. The highest BCUT2D eigenvalue weighted by Gasteiger charge is 2.35. The monoisotopic (exact) mass is 552 g/mol. The van der Waals surface area contributed by atoms with E-state index in [2.05, 4.69) is 25.1 Å². The highest BCUT2D eigenvalue weighted by molar-refractivity contribution is 7.91. The fourth-order valence-electron chi connectivity index (χ4n) is 4.12. The summed E-state index contributed by atoms with van der Waals surface area (Å²) in [6.07, 6.45) is 2.39. The standard InChI is InChI=1S/C27H32N6O5S/c1-7-38-22-12-11-17(2)13-21(22)33-23(31-32-27(33)20-9-8-10-24(30-20)36-5)16-39(34,35)19(4)25(37-6)26-28-14-18(3)15-29-26/h8-15,19,25H,7,16H2,1-6H3/t19-,25-/m0/s1. The van der Waals surface area contributed by atoms with Crippen molar-refractivity contribution in [3.8, 4) is 28.8 Å². The number of rotatable bonds is 11. The zero-order chi connectivity index (χ0) is 28.2. The second-order valence-electron chi connectivity index (χ2n) is 9.03. The number of aryl methyl sites for hydroxylation is 2. The van der Waals surface area contributed by atoms with Gasteiger partial charge in [0.15, 0.2) is 27.3 Å². The minimum Gasteiger partial charge on any atom is -0.492 e. The molecule has 0 aliphatic carbocycles. The predicted molar refractivity (Wildman–Crippen MR) is 146 cm³/mol. The lowest BCUT2D eigenvalue weighted by Crippen LogP contribution is -2.30. The molecule has 39 heavy (non-hydrogen) atoms. The molecule has 1 aromatic carbocycles. The van der Waals surface area contributed by atoms with Gasteiger partial charge >= 0.3 is 0 Å². The molecule has 4 aromatic rings. The Morgan fingerprint density at radius 3 is 2.41 bits per heavy atom. The lowest BCUT2D eigenvalue weighted by atomic mass is 10.2. The third-order valence-electron chi connectivity index (χ3n) is 6.18. The van der Waals surface area contributed by atoms with Crippen molar-refractivity contribution >= 4 is 9.84 Å².